The van der Waals surface area contributed by atoms with E-state index in [1.165, 1.54) is 12.4 Å². The van der Waals surface area contributed by atoms with Gasteiger partial charge in [-0.15, -0.1) is 12.4 Å². The fourth-order valence-corrected chi connectivity index (χ4v) is 3.95. The molecule has 28 heavy (non-hydrogen) atoms. The van der Waals surface area contributed by atoms with E-state index in [-0.39, 0.29) is 35.7 Å². The lowest BCUT2D eigenvalue weighted by Crippen LogP contribution is -2.48. The molecule has 0 aliphatic carbocycles. The van der Waals surface area contributed by atoms with E-state index in [4.69, 9.17) is 11.6 Å². The van der Waals surface area contributed by atoms with Gasteiger partial charge in [0.2, 0.25) is 0 Å². The maximum Gasteiger partial charge on any atom is 0.276 e. The van der Waals surface area contributed by atoms with Crippen LogP contribution in [0.3, 0.4) is 0 Å². The van der Waals surface area contributed by atoms with Crippen LogP contribution in [-0.2, 0) is 0 Å². The lowest BCUT2D eigenvalue weighted by molar-refractivity contribution is 0.0906. The number of benzene rings is 1. The zero-order chi connectivity index (χ0) is 18.8. The molecule has 2 bridgehead atoms. The van der Waals surface area contributed by atoms with Crippen molar-refractivity contribution in [3.63, 3.8) is 0 Å². The van der Waals surface area contributed by atoms with Crippen molar-refractivity contribution in [2.24, 2.45) is 0 Å². The second kappa shape index (κ2) is 8.86. The summed E-state index contributed by atoms with van der Waals surface area (Å²) < 4.78 is 0. The average Bonchev–Trinajstić information content (AvgIpc) is 3.02. The first-order valence-corrected chi connectivity index (χ1v) is 9.41. The SMILES string of the molecule is Cl.O=C(Nc1ccc(Cl)cc1)c1nccnc1C(=O)NC1CC2CCC(C1)N2. The molecule has 2 atom stereocenters. The molecule has 7 nitrogen and oxygen atoms in total. The Hall–Kier alpha value is -2.22. The number of aromatic nitrogens is 2. The predicted molar refractivity (Wildman–Crippen MR) is 109 cm³/mol. The molecule has 4 rings (SSSR count). The maximum atomic E-state index is 12.7. The Bertz CT molecular complexity index is 850. The molecule has 2 saturated heterocycles. The predicted octanol–water partition coefficient (Wildman–Crippen LogP) is 2.82. The van der Waals surface area contributed by atoms with Crippen molar-refractivity contribution in [1.82, 2.24) is 20.6 Å². The molecule has 9 heteroatoms. The number of hydrogen-bond acceptors (Lipinski definition) is 5. The van der Waals surface area contributed by atoms with E-state index in [9.17, 15) is 9.59 Å². The Morgan fingerprint density at radius 3 is 2.14 bits per heavy atom. The van der Waals surface area contributed by atoms with Gasteiger partial charge in [-0.25, -0.2) is 9.97 Å². The lowest BCUT2D eigenvalue weighted by atomic mass is 9.99. The van der Waals surface area contributed by atoms with Crippen LogP contribution < -0.4 is 16.0 Å². The summed E-state index contributed by atoms with van der Waals surface area (Å²) in [4.78, 5) is 33.5. The number of nitrogens with one attached hydrogen (secondary N) is 3. The quantitative estimate of drug-likeness (QED) is 0.704. The number of fused-ring (bicyclic) bond motifs is 2. The summed E-state index contributed by atoms with van der Waals surface area (Å²) in [5.41, 5.74) is 0.605. The average molecular weight is 422 g/mol. The van der Waals surface area contributed by atoms with Crippen LogP contribution in [0.2, 0.25) is 5.02 Å². The first kappa shape index (κ1) is 20.5. The number of anilines is 1. The highest BCUT2D eigenvalue weighted by molar-refractivity contribution is 6.30. The Morgan fingerprint density at radius 2 is 1.54 bits per heavy atom. The molecule has 0 spiro atoms. The van der Waals surface area contributed by atoms with E-state index in [0.717, 1.165) is 25.7 Å². The fourth-order valence-electron chi connectivity index (χ4n) is 3.82. The maximum absolute atomic E-state index is 12.7. The molecule has 2 fully saturated rings. The molecule has 2 unspecified atom stereocenters. The number of halogens is 2. The fraction of sp³-hybridized carbons (Fsp3) is 0.368. The van der Waals surface area contributed by atoms with Crippen LogP contribution in [0.4, 0.5) is 5.69 Å². The topological polar surface area (TPSA) is 96.0 Å². The molecule has 2 amide bonds. The van der Waals surface area contributed by atoms with Gasteiger partial charge in [0.25, 0.3) is 11.8 Å². The molecule has 1 aromatic carbocycles. The van der Waals surface area contributed by atoms with Crippen molar-refractivity contribution in [2.45, 2.75) is 43.8 Å². The number of carbonyl (C=O) groups excluding carboxylic acids is 2. The summed E-state index contributed by atoms with van der Waals surface area (Å²) >= 11 is 5.86. The second-order valence-corrected chi connectivity index (χ2v) is 7.43. The second-order valence-electron chi connectivity index (χ2n) is 6.99. The normalized spacial score (nSPS) is 22.8. The molecule has 3 heterocycles. The largest absolute Gasteiger partial charge is 0.348 e. The van der Waals surface area contributed by atoms with E-state index in [2.05, 4.69) is 25.9 Å². The molecular formula is C19H21Cl2N5O2. The zero-order valence-electron chi connectivity index (χ0n) is 15.0. The standard InChI is InChI=1S/C19H20ClN5O2.ClH/c20-11-1-3-12(4-2-11)24-18(26)16-17(22-8-7-21-16)19(27)25-15-9-13-5-6-14(10-15)23-13;/h1-4,7-8,13-15,23H,5-6,9-10H2,(H,24,26)(H,25,27);1H. The monoisotopic (exact) mass is 421 g/mol. The Morgan fingerprint density at radius 1 is 0.964 bits per heavy atom. The lowest BCUT2D eigenvalue weighted by Gasteiger charge is -2.29. The van der Waals surface area contributed by atoms with Gasteiger partial charge in [0.05, 0.1) is 0 Å². The molecule has 0 radical (unpaired) electrons. The van der Waals surface area contributed by atoms with E-state index < -0.39 is 5.91 Å². The number of rotatable bonds is 4. The number of nitrogens with zero attached hydrogens (tertiary/aromatic N) is 2. The van der Waals surface area contributed by atoms with E-state index in [1.54, 1.807) is 24.3 Å². The minimum Gasteiger partial charge on any atom is -0.348 e. The summed E-state index contributed by atoms with van der Waals surface area (Å²) in [6, 6.07) is 7.72. The van der Waals surface area contributed by atoms with Crippen LogP contribution in [0.15, 0.2) is 36.7 Å². The first-order valence-electron chi connectivity index (χ1n) is 9.03. The summed E-state index contributed by atoms with van der Waals surface area (Å²) in [6.07, 6.45) is 6.91. The molecule has 2 aliphatic rings. The Kier molecular flexibility index (Phi) is 6.49. The molecule has 0 saturated carbocycles. The number of piperidine rings is 1. The van der Waals surface area contributed by atoms with Gasteiger partial charge in [-0.1, -0.05) is 11.6 Å². The van der Waals surface area contributed by atoms with Gasteiger partial charge < -0.3 is 16.0 Å². The van der Waals surface area contributed by atoms with Crippen molar-refractivity contribution in [2.75, 3.05) is 5.32 Å². The number of amides is 2. The minimum atomic E-state index is -0.485. The summed E-state index contributed by atoms with van der Waals surface area (Å²) in [5, 5.41) is 9.86. The Labute approximate surface area is 174 Å². The van der Waals surface area contributed by atoms with Gasteiger partial charge in [-0.3, -0.25) is 9.59 Å². The Balaban J connectivity index is 0.00000225. The van der Waals surface area contributed by atoms with Gasteiger partial charge in [-0.05, 0) is 49.9 Å². The van der Waals surface area contributed by atoms with Crippen LogP contribution in [0.25, 0.3) is 0 Å². The van der Waals surface area contributed by atoms with Crippen molar-refractivity contribution in [3.8, 4) is 0 Å². The van der Waals surface area contributed by atoms with Crippen molar-refractivity contribution < 1.29 is 9.59 Å². The number of hydrogen-bond donors (Lipinski definition) is 3. The molecule has 2 aliphatic heterocycles. The molecule has 2 aromatic rings. The van der Waals surface area contributed by atoms with Crippen LogP contribution in [0, 0.1) is 0 Å². The zero-order valence-corrected chi connectivity index (χ0v) is 16.6. The van der Waals surface area contributed by atoms with E-state index >= 15 is 0 Å². The highest BCUT2D eigenvalue weighted by atomic mass is 35.5. The van der Waals surface area contributed by atoms with Gasteiger partial charge in [-0.2, -0.15) is 0 Å². The van der Waals surface area contributed by atoms with E-state index in [0.29, 0.717) is 22.8 Å². The van der Waals surface area contributed by atoms with Crippen LogP contribution in [0.5, 0.6) is 0 Å². The van der Waals surface area contributed by atoms with Crippen molar-refractivity contribution in [1.29, 1.82) is 0 Å². The van der Waals surface area contributed by atoms with Crippen LogP contribution in [-0.4, -0.2) is 39.9 Å². The van der Waals surface area contributed by atoms with Crippen LogP contribution in [0.1, 0.15) is 46.7 Å². The van der Waals surface area contributed by atoms with Crippen molar-refractivity contribution >= 4 is 41.5 Å². The molecule has 3 N–H and O–H groups in total. The minimum absolute atomic E-state index is 0. The van der Waals surface area contributed by atoms with Crippen LogP contribution >= 0.6 is 24.0 Å². The molecule has 1 aromatic heterocycles. The summed E-state index contributed by atoms with van der Waals surface area (Å²) in [7, 11) is 0. The highest BCUT2D eigenvalue weighted by Crippen LogP contribution is 2.27. The summed E-state index contributed by atoms with van der Waals surface area (Å²) in [6.45, 7) is 0. The van der Waals surface area contributed by atoms with Gasteiger partial charge in [0.1, 0.15) is 0 Å². The third-order valence-electron chi connectivity index (χ3n) is 5.04. The first-order chi connectivity index (χ1) is 13.1. The molecular weight excluding hydrogens is 401 g/mol. The van der Waals surface area contributed by atoms with E-state index in [1.807, 2.05) is 0 Å². The molecule has 148 valence electrons. The highest BCUT2D eigenvalue weighted by Gasteiger charge is 2.34. The third kappa shape index (κ3) is 4.60. The van der Waals surface area contributed by atoms with Gasteiger partial charge >= 0.3 is 0 Å². The third-order valence-corrected chi connectivity index (χ3v) is 5.29. The van der Waals surface area contributed by atoms with Gasteiger partial charge in [0, 0.05) is 41.2 Å². The van der Waals surface area contributed by atoms with Crippen molar-refractivity contribution in [3.05, 3.63) is 53.1 Å². The van der Waals surface area contributed by atoms with Gasteiger partial charge in [0.15, 0.2) is 11.4 Å². The smallest absolute Gasteiger partial charge is 0.276 e. The summed E-state index contributed by atoms with van der Waals surface area (Å²) in [5.74, 6) is -0.850. The number of carbonyl (C=O) groups is 2.